The van der Waals surface area contributed by atoms with Gasteiger partial charge in [0.05, 0.1) is 0 Å². The molecule has 0 bridgehead atoms. The van der Waals surface area contributed by atoms with Gasteiger partial charge in [-0.25, -0.2) is 0 Å². The van der Waals surface area contributed by atoms with Crippen molar-refractivity contribution in [2.24, 2.45) is 4.99 Å². The van der Waals surface area contributed by atoms with Crippen LogP contribution in [0.25, 0.3) is 0 Å². The third-order valence-corrected chi connectivity index (χ3v) is 6.76. The summed E-state index contributed by atoms with van der Waals surface area (Å²) < 4.78 is 0. The standard InChI is InChI=1S/C24H37N5/c1-25-24(26-19-20-9-11-23(12-10-20)28-15-5-6-16-28)27-21-13-17-29(18-14-21)22-7-3-2-4-8-22/h5-6,9-12,21-22H,2-4,7-8,13-19H2,1H3,(H2,25,26,27). The van der Waals surface area contributed by atoms with E-state index in [1.54, 1.807) is 0 Å². The molecule has 2 heterocycles. The van der Waals surface area contributed by atoms with Gasteiger partial charge in [-0.3, -0.25) is 4.99 Å². The highest BCUT2D eigenvalue weighted by Gasteiger charge is 2.26. The summed E-state index contributed by atoms with van der Waals surface area (Å²) in [5, 5.41) is 7.15. The molecule has 0 amide bonds. The first-order valence-corrected chi connectivity index (χ1v) is 11.5. The Kier molecular flexibility index (Phi) is 7.09. The van der Waals surface area contributed by atoms with Gasteiger partial charge in [-0.2, -0.15) is 0 Å². The number of hydrogen-bond acceptors (Lipinski definition) is 3. The molecule has 5 heteroatoms. The van der Waals surface area contributed by atoms with Crippen LogP contribution in [0.3, 0.4) is 0 Å². The number of likely N-dealkylation sites (tertiary alicyclic amines) is 1. The van der Waals surface area contributed by atoms with E-state index in [1.807, 2.05) is 7.05 Å². The first-order valence-electron chi connectivity index (χ1n) is 11.5. The molecule has 29 heavy (non-hydrogen) atoms. The molecule has 0 atom stereocenters. The molecule has 1 saturated carbocycles. The van der Waals surface area contributed by atoms with Crippen LogP contribution in [0.15, 0.2) is 41.4 Å². The van der Waals surface area contributed by atoms with Crippen molar-refractivity contribution >= 4 is 11.6 Å². The number of aliphatic imine (C=N–C) groups is 1. The van der Waals surface area contributed by atoms with E-state index in [0.717, 1.165) is 31.6 Å². The van der Waals surface area contributed by atoms with E-state index in [4.69, 9.17) is 0 Å². The Morgan fingerprint density at radius 3 is 2.31 bits per heavy atom. The van der Waals surface area contributed by atoms with Crippen LogP contribution < -0.4 is 15.5 Å². The van der Waals surface area contributed by atoms with Gasteiger partial charge in [-0.1, -0.05) is 43.5 Å². The van der Waals surface area contributed by atoms with Gasteiger partial charge in [-0.15, -0.1) is 0 Å². The summed E-state index contributed by atoms with van der Waals surface area (Å²) in [6.45, 7) is 5.30. The van der Waals surface area contributed by atoms with Gasteiger partial charge in [0.25, 0.3) is 0 Å². The van der Waals surface area contributed by atoms with Crippen molar-refractivity contribution in [2.45, 2.75) is 63.6 Å². The number of piperidine rings is 1. The fourth-order valence-corrected chi connectivity index (χ4v) is 4.94. The Morgan fingerprint density at radius 2 is 1.66 bits per heavy atom. The second-order valence-electron chi connectivity index (χ2n) is 8.72. The van der Waals surface area contributed by atoms with E-state index in [1.165, 1.54) is 69.3 Å². The highest BCUT2D eigenvalue weighted by atomic mass is 15.2. The van der Waals surface area contributed by atoms with Gasteiger partial charge in [0.2, 0.25) is 0 Å². The molecule has 158 valence electrons. The smallest absolute Gasteiger partial charge is 0.191 e. The van der Waals surface area contributed by atoms with Crippen molar-refractivity contribution in [1.29, 1.82) is 0 Å². The lowest BCUT2D eigenvalue weighted by Crippen LogP contribution is -2.50. The Balaban J connectivity index is 1.20. The molecule has 2 N–H and O–H groups in total. The SMILES string of the molecule is CN=C(NCc1ccc(N2CC=CC2)cc1)NC1CCN(C2CCCCC2)CC1. The lowest BCUT2D eigenvalue weighted by atomic mass is 9.92. The van der Waals surface area contributed by atoms with E-state index in [0.29, 0.717) is 6.04 Å². The molecule has 1 saturated heterocycles. The number of benzene rings is 1. The number of guanidine groups is 1. The maximum atomic E-state index is 4.45. The fourth-order valence-electron chi connectivity index (χ4n) is 4.94. The first kappa shape index (κ1) is 20.3. The van der Waals surface area contributed by atoms with Crippen molar-refractivity contribution in [3.05, 3.63) is 42.0 Å². The van der Waals surface area contributed by atoms with Crippen molar-refractivity contribution in [3.8, 4) is 0 Å². The summed E-state index contributed by atoms with van der Waals surface area (Å²) in [7, 11) is 1.87. The molecule has 1 aromatic carbocycles. The summed E-state index contributed by atoms with van der Waals surface area (Å²) in [5.74, 6) is 0.925. The van der Waals surface area contributed by atoms with Gasteiger partial charge in [0.1, 0.15) is 0 Å². The van der Waals surface area contributed by atoms with Gasteiger partial charge >= 0.3 is 0 Å². The third-order valence-electron chi connectivity index (χ3n) is 6.76. The zero-order valence-electron chi connectivity index (χ0n) is 17.9. The summed E-state index contributed by atoms with van der Waals surface area (Å²) in [4.78, 5) is 9.56. The second-order valence-corrected chi connectivity index (χ2v) is 8.72. The molecule has 0 aromatic heterocycles. The van der Waals surface area contributed by atoms with Crippen molar-refractivity contribution in [1.82, 2.24) is 15.5 Å². The highest BCUT2D eigenvalue weighted by Crippen LogP contribution is 2.25. The van der Waals surface area contributed by atoms with Crippen LogP contribution in [0.4, 0.5) is 5.69 Å². The Hall–Kier alpha value is -2.01. The van der Waals surface area contributed by atoms with E-state index in [9.17, 15) is 0 Å². The molecular weight excluding hydrogens is 358 g/mol. The molecule has 2 aliphatic heterocycles. The molecule has 5 nitrogen and oxygen atoms in total. The van der Waals surface area contributed by atoms with Crippen LogP contribution in [-0.2, 0) is 6.54 Å². The van der Waals surface area contributed by atoms with Crippen LogP contribution in [0.5, 0.6) is 0 Å². The molecule has 0 radical (unpaired) electrons. The lowest BCUT2D eigenvalue weighted by molar-refractivity contribution is 0.119. The molecule has 0 spiro atoms. The minimum Gasteiger partial charge on any atom is -0.364 e. The van der Waals surface area contributed by atoms with Gasteiger partial charge in [0, 0.05) is 57.5 Å². The predicted molar refractivity (Wildman–Crippen MR) is 123 cm³/mol. The van der Waals surface area contributed by atoms with Crippen LogP contribution in [-0.4, -0.2) is 56.2 Å². The Morgan fingerprint density at radius 1 is 0.966 bits per heavy atom. The normalized spacial score (nSPS) is 22.2. The molecule has 3 aliphatic rings. The zero-order valence-corrected chi connectivity index (χ0v) is 17.9. The molecule has 4 rings (SSSR count). The van der Waals surface area contributed by atoms with Crippen molar-refractivity contribution in [2.75, 3.05) is 38.1 Å². The van der Waals surface area contributed by atoms with Crippen molar-refractivity contribution in [3.63, 3.8) is 0 Å². The summed E-state index contributed by atoms with van der Waals surface area (Å²) in [6, 6.07) is 10.3. The first-order chi connectivity index (χ1) is 14.3. The van der Waals surface area contributed by atoms with Crippen LogP contribution in [0, 0.1) is 0 Å². The number of nitrogens with zero attached hydrogens (tertiary/aromatic N) is 3. The molecule has 1 aliphatic carbocycles. The average Bonchev–Trinajstić information content (AvgIpc) is 3.33. The Labute approximate surface area is 176 Å². The van der Waals surface area contributed by atoms with Crippen molar-refractivity contribution < 1.29 is 0 Å². The topological polar surface area (TPSA) is 42.9 Å². The summed E-state index contributed by atoms with van der Waals surface area (Å²) in [5.41, 5.74) is 2.59. The minimum absolute atomic E-state index is 0.533. The largest absolute Gasteiger partial charge is 0.364 e. The highest BCUT2D eigenvalue weighted by molar-refractivity contribution is 5.80. The molecule has 1 aromatic rings. The quantitative estimate of drug-likeness (QED) is 0.455. The second kappa shape index (κ2) is 10.1. The third kappa shape index (κ3) is 5.53. The van der Waals surface area contributed by atoms with E-state index in [-0.39, 0.29) is 0 Å². The van der Waals surface area contributed by atoms with Crippen LogP contribution in [0.2, 0.25) is 0 Å². The molecule has 0 unspecified atom stereocenters. The molecule has 2 fully saturated rings. The van der Waals surface area contributed by atoms with Gasteiger partial charge in [0.15, 0.2) is 5.96 Å². The number of hydrogen-bond donors (Lipinski definition) is 2. The monoisotopic (exact) mass is 395 g/mol. The van der Waals surface area contributed by atoms with Gasteiger partial charge in [-0.05, 0) is 43.4 Å². The van der Waals surface area contributed by atoms with E-state index in [2.05, 4.69) is 61.8 Å². The van der Waals surface area contributed by atoms with E-state index < -0.39 is 0 Å². The van der Waals surface area contributed by atoms with E-state index >= 15 is 0 Å². The zero-order chi connectivity index (χ0) is 19.9. The maximum Gasteiger partial charge on any atom is 0.191 e. The maximum absolute atomic E-state index is 4.45. The minimum atomic E-state index is 0.533. The summed E-state index contributed by atoms with van der Waals surface area (Å²) in [6.07, 6.45) is 14.0. The number of rotatable bonds is 5. The van der Waals surface area contributed by atoms with Gasteiger partial charge < -0.3 is 20.4 Å². The average molecular weight is 396 g/mol. The van der Waals surface area contributed by atoms with Crippen LogP contribution >= 0.6 is 0 Å². The number of nitrogens with one attached hydrogen (secondary N) is 2. The summed E-state index contributed by atoms with van der Waals surface area (Å²) >= 11 is 0. The lowest BCUT2D eigenvalue weighted by Gasteiger charge is -2.39. The molecular formula is C24H37N5. The number of anilines is 1. The van der Waals surface area contributed by atoms with Crippen LogP contribution in [0.1, 0.15) is 50.5 Å². The Bertz CT molecular complexity index is 674. The predicted octanol–water partition coefficient (Wildman–Crippen LogP) is 3.52. The fraction of sp³-hybridized carbons (Fsp3) is 0.625.